The summed E-state index contributed by atoms with van der Waals surface area (Å²) in [7, 11) is 0. The van der Waals surface area contributed by atoms with Crippen LogP contribution in [-0.4, -0.2) is 34.3 Å². The molecule has 1 saturated heterocycles. The van der Waals surface area contributed by atoms with Crippen molar-refractivity contribution in [1.82, 2.24) is 20.4 Å². The Balaban J connectivity index is 1.26. The number of hydrogen-bond acceptors (Lipinski definition) is 7. The highest BCUT2D eigenvalue weighted by atomic mass is 32.1. The lowest BCUT2D eigenvalue weighted by Gasteiger charge is -2.33. The van der Waals surface area contributed by atoms with Gasteiger partial charge < -0.3 is 14.7 Å². The van der Waals surface area contributed by atoms with E-state index < -0.39 is 11.7 Å². The van der Waals surface area contributed by atoms with Gasteiger partial charge >= 0.3 is 6.18 Å². The molecule has 3 aromatic rings. The van der Waals surface area contributed by atoms with E-state index in [0.29, 0.717) is 24.1 Å². The summed E-state index contributed by atoms with van der Waals surface area (Å²) in [4.78, 5) is 11.3. The van der Waals surface area contributed by atoms with Gasteiger partial charge in [-0.1, -0.05) is 11.2 Å². The molecule has 0 saturated carbocycles. The molecule has 1 aliphatic heterocycles. The zero-order valence-corrected chi connectivity index (χ0v) is 15.6. The number of alkyl halides is 3. The Morgan fingerprint density at radius 1 is 1.21 bits per heavy atom. The molecule has 28 heavy (non-hydrogen) atoms. The lowest BCUT2D eigenvalue weighted by molar-refractivity contribution is -0.137. The van der Waals surface area contributed by atoms with E-state index in [-0.39, 0.29) is 6.04 Å². The van der Waals surface area contributed by atoms with Gasteiger partial charge in [-0.3, -0.25) is 0 Å². The fourth-order valence-electron chi connectivity index (χ4n) is 3.12. The third kappa shape index (κ3) is 4.33. The molecule has 0 radical (unpaired) electrons. The van der Waals surface area contributed by atoms with Crippen LogP contribution in [0.2, 0.25) is 0 Å². The van der Waals surface area contributed by atoms with Gasteiger partial charge in [0.15, 0.2) is 5.82 Å². The average Bonchev–Trinajstić information content (AvgIpc) is 3.38. The first-order chi connectivity index (χ1) is 13.5. The van der Waals surface area contributed by atoms with E-state index in [1.165, 1.54) is 6.07 Å². The molecule has 0 amide bonds. The maximum Gasteiger partial charge on any atom is 0.417 e. The third-order valence-corrected chi connectivity index (χ3v) is 5.50. The number of thiophene rings is 1. The maximum atomic E-state index is 12.6. The third-order valence-electron chi connectivity index (χ3n) is 4.64. The minimum absolute atomic E-state index is 0.286. The van der Waals surface area contributed by atoms with Crippen molar-refractivity contribution < 1.29 is 17.7 Å². The molecule has 0 unspecified atom stereocenters. The van der Waals surface area contributed by atoms with E-state index in [0.717, 1.165) is 43.1 Å². The highest BCUT2D eigenvalue weighted by Gasteiger charge is 2.31. The highest BCUT2D eigenvalue weighted by molar-refractivity contribution is 7.13. The lowest BCUT2D eigenvalue weighted by Crippen LogP contribution is -2.42. The van der Waals surface area contributed by atoms with Gasteiger partial charge in [0.2, 0.25) is 0 Å². The Bertz CT molecular complexity index is 887. The van der Waals surface area contributed by atoms with Crippen molar-refractivity contribution in [3.63, 3.8) is 0 Å². The number of pyridine rings is 1. The van der Waals surface area contributed by atoms with Crippen LogP contribution in [0.5, 0.6) is 0 Å². The van der Waals surface area contributed by atoms with Crippen LogP contribution >= 0.6 is 11.3 Å². The van der Waals surface area contributed by atoms with E-state index in [1.54, 1.807) is 11.3 Å². The number of rotatable bonds is 5. The summed E-state index contributed by atoms with van der Waals surface area (Å²) in [6.07, 6.45) is -1.75. The van der Waals surface area contributed by atoms with Crippen LogP contribution < -0.4 is 10.2 Å². The molecule has 1 N–H and O–H groups in total. The van der Waals surface area contributed by atoms with E-state index in [1.807, 2.05) is 22.4 Å². The predicted octanol–water partition coefficient (Wildman–Crippen LogP) is 3.97. The molecular formula is C18H18F3N5OS. The van der Waals surface area contributed by atoms with Gasteiger partial charge in [0.05, 0.1) is 17.0 Å². The van der Waals surface area contributed by atoms with Gasteiger partial charge in [-0.25, -0.2) is 4.98 Å². The highest BCUT2D eigenvalue weighted by Crippen LogP contribution is 2.30. The van der Waals surface area contributed by atoms with Crippen molar-refractivity contribution in [2.75, 3.05) is 18.0 Å². The molecule has 10 heteroatoms. The summed E-state index contributed by atoms with van der Waals surface area (Å²) < 4.78 is 43.2. The van der Waals surface area contributed by atoms with Crippen LogP contribution in [0.25, 0.3) is 10.8 Å². The molecule has 6 nitrogen and oxygen atoms in total. The van der Waals surface area contributed by atoms with Crippen molar-refractivity contribution in [2.45, 2.75) is 31.6 Å². The Morgan fingerprint density at radius 3 is 2.68 bits per heavy atom. The molecular weight excluding hydrogens is 391 g/mol. The Hall–Kier alpha value is -2.46. The van der Waals surface area contributed by atoms with Crippen molar-refractivity contribution >= 4 is 17.2 Å². The van der Waals surface area contributed by atoms with Gasteiger partial charge in [-0.15, -0.1) is 11.3 Å². The van der Waals surface area contributed by atoms with Crippen LogP contribution in [0.3, 0.4) is 0 Å². The van der Waals surface area contributed by atoms with Crippen LogP contribution in [0, 0.1) is 0 Å². The van der Waals surface area contributed by atoms with Crippen molar-refractivity contribution in [1.29, 1.82) is 0 Å². The van der Waals surface area contributed by atoms with Gasteiger partial charge in [-0.2, -0.15) is 18.2 Å². The Morgan fingerprint density at radius 2 is 2.04 bits per heavy atom. The number of piperidine rings is 1. The first-order valence-electron chi connectivity index (χ1n) is 8.87. The maximum absolute atomic E-state index is 12.6. The Labute approximate surface area is 163 Å². The van der Waals surface area contributed by atoms with Gasteiger partial charge in [0.25, 0.3) is 5.89 Å². The second-order valence-corrected chi connectivity index (χ2v) is 7.49. The largest absolute Gasteiger partial charge is 0.417 e. The van der Waals surface area contributed by atoms with Gasteiger partial charge in [0, 0.05) is 25.3 Å². The van der Waals surface area contributed by atoms with Gasteiger partial charge in [0.1, 0.15) is 5.82 Å². The SMILES string of the molecule is FC(F)(F)c1ccc(N2CCC(NCc3noc(-c4cccs4)n3)CC2)nc1. The quantitative estimate of drug-likeness (QED) is 0.688. The summed E-state index contributed by atoms with van der Waals surface area (Å²) in [5.74, 6) is 1.70. The zero-order chi connectivity index (χ0) is 19.6. The fourth-order valence-corrected chi connectivity index (χ4v) is 3.76. The number of hydrogen-bond donors (Lipinski definition) is 1. The van der Waals surface area contributed by atoms with Crippen LogP contribution in [0.4, 0.5) is 19.0 Å². The van der Waals surface area contributed by atoms with E-state index >= 15 is 0 Å². The van der Waals surface area contributed by atoms with E-state index in [4.69, 9.17) is 4.52 Å². The molecule has 0 spiro atoms. The van der Waals surface area contributed by atoms with Crippen molar-refractivity contribution in [3.05, 3.63) is 47.2 Å². The monoisotopic (exact) mass is 409 g/mol. The standard InChI is InChI=1S/C18H18F3N5OS/c19-18(20,21)12-3-4-16(23-10-12)26-7-5-13(6-8-26)22-11-15-24-17(27-25-15)14-2-1-9-28-14/h1-4,9-10,13,22H,5-8,11H2. The number of nitrogens with one attached hydrogen (secondary N) is 1. The van der Waals surface area contributed by atoms with E-state index in [9.17, 15) is 13.2 Å². The molecule has 0 aromatic carbocycles. The normalized spacial score (nSPS) is 15.9. The smallest absolute Gasteiger partial charge is 0.357 e. The predicted molar refractivity (Wildman–Crippen MR) is 98.9 cm³/mol. The minimum Gasteiger partial charge on any atom is -0.357 e. The lowest BCUT2D eigenvalue weighted by atomic mass is 10.0. The number of halogens is 3. The summed E-state index contributed by atoms with van der Waals surface area (Å²) in [5, 5.41) is 9.37. The summed E-state index contributed by atoms with van der Waals surface area (Å²) in [6, 6.07) is 6.66. The number of anilines is 1. The fraction of sp³-hybridized carbons (Fsp3) is 0.389. The van der Waals surface area contributed by atoms with E-state index in [2.05, 4.69) is 20.4 Å². The first-order valence-corrected chi connectivity index (χ1v) is 9.75. The molecule has 1 fully saturated rings. The Kier molecular flexibility index (Phi) is 5.31. The zero-order valence-electron chi connectivity index (χ0n) is 14.8. The average molecular weight is 409 g/mol. The minimum atomic E-state index is -4.36. The molecule has 1 aliphatic rings. The second-order valence-electron chi connectivity index (χ2n) is 6.54. The van der Waals surface area contributed by atoms with Crippen LogP contribution in [-0.2, 0) is 12.7 Å². The molecule has 3 aromatic heterocycles. The molecule has 0 aliphatic carbocycles. The number of aromatic nitrogens is 3. The summed E-state index contributed by atoms with van der Waals surface area (Å²) in [5.41, 5.74) is -0.727. The topological polar surface area (TPSA) is 67.1 Å². The molecule has 0 atom stereocenters. The van der Waals surface area contributed by atoms with Gasteiger partial charge in [-0.05, 0) is 36.4 Å². The van der Waals surface area contributed by atoms with Crippen LogP contribution in [0.15, 0.2) is 40.4 Å². The van der Waals surface area contributed by atoms with Crippen LogP contribution in [0.1, 0.15) is 24.2 Å². The number of nitrogens with zero attached hydrogens (tertiary/aromatic N) is 4. The first kappa shape index (κ1) is 18.9. The molecule has 4 rings (SSSR count). The molecule has 148 valence electrons. The van der Waals surface area contributed by atoms with Crippen molar-refractivity contribution in [2.24, 2.45) is 0 Å². The summed E-state index contributed by atoms with van der Waals surface area (Å²) >= 11 is 1.55. The summed E-state index contributed by atoms with van der Waals surface area (Å²) in [6.45, 7) is 1.96. The molecule has 0 bridgehead atoms. The molecule has 4 heterocycles. The second kappa shape index (κ2) is 7.88. The van der Waals surface area contributed by atoms with Crippen molar-refractivity contribution in [3.8, 4) is 10.8 Å².